The van der Waals surface area contributed by atoms with E-state index in [1.54, 1.807) is 6.07 Å². The van der Waals surface area contributed by atoms with E-state index in [9.17, 15) is 4.39 Å². The first kappa shape index (κ1) is 17.9. The van der Waals surface area contributed by atoms with E-state index in [0.717, 1.165) is 0 Å². The Labute approximate surface area is 128 Å². The molecule has 114 valence electrons. The van der Waals surface area contributed by atoms with E-state index >= 15 is 0 Å². The van der Waals surface area contributed by atoms with Crippen LogP contribution in [0.2, 0.25) is 13.3 Å². The molecule has 3 heteroatoms. The van der Waals surface area contributed by atoms with Crippen LogP contribution in [0.3, 0.4) is 0 Å². The fourth-order valence-corrected chi connectivity index (χ4v) is 18.7. The summed E-state index contributed by atoms with van der Waals surface area (Å²) >= 11 is -2.36. The Balaban J connectivity index is 3.00. The summed E-state index contributed by atoms with van der Waals surface area (Å²) in [6, 6.07) is 3.63. The van der Waals surface area contributed by atoms with Crippen LogP contribution in [0.1, 0.15) is 59.3 Å². The summed E-state index contributed by atoms with van der Waals surface area (Å²) in [4.78, 5) is 3.96. The van der Waals surface area contributed by atoms with Crippen LogP contribution in [0.5, 0.6) is 0 Å². The summed E-state index contributed by atoms with van der Waals surface area (Å²) in [6.45, 7) is 6.83. The third kappa shape index (κ3) is 5.34. The number of nitrogens with zero attached hydrogens (tertiary/aromatic N) is 1. The van der Waals surface area contributed by atoms with Gasteiger partial charge in [0, 0.05) is 0 Å². The van der Waals surface area contributed by atoms with E-state index < -0.39 is 18.4 Å². The zero-order valence-corrected chi connectivity index (χ0v) is 16.3. The second kappa shape index (κ2) is 9.75. The van der Waals surface area contributed by atoms with Gasteiger partial charge in [0.1, 0.15) is 0 Å². The van der Waals surface area contributed by atoms with E-state index in [1.807, 2.05) is 6.20 Å². The summed E-state index contributed by atoms with van der Waals surface area (Å²) in [7, 11) is 0. The van der Waals surface area contributed by atoms with Gasteiger partial charge in [-0.3, -0.25) is 0 Å². The van der Waals surface area contributed by atoms with Crippen molar-refractivity contribution in [3.05, 3.63) is 24.3 Å². The number of hydrogen-bond acceptors (Lipinski definition) is 1. The van der Waals surface area contributed by atoms with Crippen LogP contribution in [-0.4, -0.2) is 23.4 Å². The van der Waals surface area contributed by atoms with Gasteiger partial charge in [-0.1, -0.05) is 0 Å². The summed E-state index contributed by atoms with van der Waals surface area (Å²) in [6.07, 6.45) is 9.68. The fraction of sp³-hybridized carbons (Fsp3) is 0.706. The molecule has 0 N–H and O–H groups in total. The molecule has 20 heavy (non-hydrogen) atoms. The predicted molar refractivity (Wildman–Crippen MR) is 88.7 cm³/mol. The fourth-order valence-electron chi connectivity index (χ4n) is 3.04. The van der Waals surface area contributed by atoms with E-state index in [1.165, 1.54) is 55.4 Å². The van der Waals surface area contributed by atoms with E-state index in [-0.39, 0.29) is 5.95 Å². The molecule has 0 aromatic carbocycles. The molecular formula is C17H30FNSn. The van der Waals surface area contributed by atoms with Crippen LogP contribution in [0.25, 0.3) is 0 Å². The van der Waals surface area contributed by atoms with Gasteiger partial charge in [0.15, 0.2) is 0 Å². The number of hydrogen-bond donors (Lipinski definition) is 0. The maximum atomic E-state index is 13.1. The number of unbranched alkanes of at least 4 members (excludes halogenated alkanes) is 3. The molecule has 1 heterocycles. The van der Waals surface area contributed by atoms with Gasteiger partial charge in [0.05, 0.1) is 0 Å². The van der Waals surface area contributed by atoms with Gasteiger partial charge in [-0.15, -0.1) is 0 Å². The molecule has 0 spiro atoms. The predicted octanol–water partition coefficient (Wildman–Crippen LogP) is 5.28. The van der Waals surface area contributed by atoms with Gasteiger partial charge in [0.25, 0.3) is 0 Å². The van der Waals surface area contributed by atoms with Crippen LogP contribution in [0.4, 0.5) is 4.39 Å². The average Bonchev–Trinajstić information content (AvgIpc) is 2.48. The molecule has 0 aliphatic carbocycles. The van der Waals surface area contributed by atoms with E-state index in [4.69, 9.17) is 0 Å². The Morgan fingerprint density at radius 3 is 1.75 bits per heavy atom. The zero-order chi connectivity index (χ0) is 14.8. The molecule has 1 aromatic heterocycles. The normalized spacial score (nSPS) is 11.8. The van der Waals surface area contributed by atoms with Crippen LogP contribution in [0, 0.1) is 5.95 Å². The van der Waals surface area contributed by atoms with Crippen molar-refractivity contribution in [3.63, 3.8) is 0 Å². The Morgan fingerprint density at radius 2 is 1.40 bits per heavy atom. The second-order valence-electron chi connectivity index (χ2n) is 5.96. The summed E-state index contributed by atoms with van der Waals surface area (Å²) in [5.41, 5.74) is 0. The average molecular weight is 386 g/mol. The van der Waals surface area contributed by atoms with Crippen molar-refractivity contribution >= 4 is 22.0 Å². The summed E-state index contributed by atoms with van der Waals surface area (Å²) in [5.74, 6) is -0.338. The number of rotatable bonds is 10. The molecule has 0 aliphatic heterocycles. The molecular weight excluding hydrogens is 356 g/mol. The molecule has 1 nitrogen and oxygen atoms in total. The topological polar surface area (TPSA) is 12.9 Å². The molecule has 1 rings (SSSR count). The first-order chi connectivity index (χ1) is 9.68. The minimum atomic E-state index is -2.36. The van der Waals surface area contributed by atoms with Gasteiger partial charge >= 0.3 is 128 Å². The van der Waals surface area contributed by atoms with Crippen molar-refractivity contribution in [2.45, 2.75) is 72.6 Å². The van der Waals surface area contributed by atoms with Crippen molar-refractivity contribution in [3.8, 4) is 0 Å². The third-order valence-electron chi connectivity index (χ3n) is 4.37. The quantitative estimate of drug-likeness (QED) is 0.394. The number of aromatic nitrogens is 1. The molecule has 0 saturated heterocycles. The monoisotopic (exact) mass is 387 g/mol. The second-order valence-corrected chi connectivity index (χ2v) is 19.2. The van der Waals surface area contributed by atoms with Crippen LogP contribution >= 0.6 is 0 Å². The molecule has 0 radical (unpaired) electrons. The Hall–Kier alpha value is -0.121. The first-order valence-corrected chi connectivity index (χ1v) is 15.8. The molecule has 1 aromatic rings. The van der Waals surface area contributed by atoms with E-state index in [2.05, 4.69) is 31.8 Å². The minimum absolute atomic E-state index is 0.338. The van der Waals surface area contributed by atoms with Crippen molar-refractivity contribution in [1.82, 2.24) is 4.98 Å². The zero-order valence-electron chi connectivity index (χ0n) is 13.4. The molecule has 0 fully saturated rings. The molecule has 0 amide bonds. The first-order valence-electron chi connectivity index (χ1n) is 8.30. The van der Waals surface area contributed by atoms with Crippen LogP contribution in [0.15, 0.2) is 18.3 Å². The van der Waals surface area contributed by atoms with Crippen molar-refractivity contribution in [2.75, 3.05) is 0 Å². The van der Waals surface area contributed by atoms with Gasteiger partial charge in [-0.25, -0.2) is 0 Å². The molecule has 0 saturated carbocycles. The maximum absolute atomic E-state index is 13.1. The van der Waals surface area contributed by atoms with Gasteiger partial charge < -0.3 is 0 Å². The van der Waals surface area contributed by atoms with Crippen LogP contribution < -0.4 is 3.58 Å². The summed E-state index contributed by atoms with van der Waals surface area (Å²) < 4.78 is 18.8. The molecule has 0 aliphatic rings. The Kier molecular flexibility index (Phi) is 8.74. The van der Waals surface area contributed by atoms with Crippen molar-refractivity contribution in [1.29, 1.82) is 0 Å². The molecule has 0 unspecified atom stereocenters. The molecule has 0 atom stereocenters. The van der Waals surface area contributed by atoms with Crippen molar-refractivity contribution in [2.24, 2.45) is 0 Å². The Bertz CT molecular complexity index is 342. The SMILES string of the molecule is CCC[CH2][Sn]([CH2]CCC)([CH2]CCC)[c]1ccc(F)nc1. The number of halogens is 1. The van der Waals surface area contributed by atoms with Gasteiger partial charge in [-0.2, -0.15) is 0 Å². The third-order valence-corrected chi connectivity index (χ3v) is 19.9. The standard InChI is InChI=1S/C5H3FN.3C4H9.Sn/c6-5-3-1-2-4-7-5;3*1-3-4-2;/h1,3-4H;3*1,3-4H2,2H3;. The van der Waals surface area contributed by atoms with Gasteiger partial charge in [0.2, 0.25) is 0 Å². The van der Waals surface area contributed by atoms with Gasteiger partial charge in [-0.05, 0) is 0 Å². The molecule has 0 bridgehead atoms. The van der Waals surface area contributed by atoms with Crippen molar-refractivity contribution < 1.29 is 4.39 Å². The number of pyridine rings is 1. The van der Waals surface area contributed by atoms with E-state index in [0.29, 0.717) is 0 Å². The van der Waals surface area contributed by atoms with Crippen LogP contribution in [-0.2, 0) is 0 Å². The Morgan fingerprint density at radius 1 is 0.900 bits per heavy atom. The summed E-state index contributed by atoms with van der Waals surface area (Å²) in [5, 5.41) is 0.